The molecule has 0 unspecified atom stereocenters. The van der Waals surface area contributed by atoms with Crippen molar-refractivity contribution in [1.82, 2.24) is 0 Å². The minimum absolute atomic E-state index is 0.0134. The lowest BCUT2D eigenvalue weighted by atomic mass is 10.0. The molecule has 19 heavy (non-hydrogen) atoms. The smallest absolute Gasteiger partial charge is 0.315 e. The van der Waals surface area contributed by atoms with Gasteiger partial charge in [0, 0.05) is 0 Å². The van der Waals surface area contributed by atoms with Crippen LogP contribution in [0.3, 0.4) is 0 Å². The number of phenolic OH excluding ortho intramolecular Hbond substituents is 1. The lowest BCUT2D eigenvalue weighted by Gasteiger charge is -2.12. The monoisotopic (exact) mass is 286 g/mol. The maximum Gasteiger partial charge on any atom is 0.315 e. The third-order valence-corrected chi connectivity index (χ3v) is 2.86. The number of aromatic hydroxyl groups is 1. The third kappa shape index (κ3) is 5.00. The number of phenols is 1. The Kier molecular flexibility index (Phi) is 6.52. The van der Waals surface area contributed by atoms with Gasteiger partial charge in [0.15, 0.2) is 11.5 Å². The van der Waals surface area contributed by atoms with E-state index in [0.29, 0.717) is 24.2 Å². The van der Waals surface area contributed by atoms with Crippen LogP contribution in [0, 0.1) is 0 Å². The van der Waals surface area contributed by atoms with Gasteiger partial charge in [0.05, 0.1) is 25.6 Å². The first-order valence-electron chi connectivity index (χ1n) is 5.90. The van der Waals surface area contributed by atoms with E-state index in [4.69, 9.17) is 9.47 Å². The average molecular weight is 286 g/mol. The van der Waals surface area contributed by atoms with Crippen LogP contribution in [0.4, 0.5) is 0 Å². The predicted molar refractivity (Wildman–Crippen MR) is 73.7 cm³/mol. The van der Waals surface area contributed by atoms with Gasteiger partial charge in [0.2, 0.25) is 0 Å². The normalized spacial score (nSPS) is 11.9. The van der Waals surface area contributed by atoms with Gasteiger partial charge in [-0.2, -0.15) is 12.6 Å². The fourth-order valence-electron chi connectivity index (χ4n) is 1.59. The van der Waals surface area contributed by atoms with Crippen molar-refractivity contribution in [3.63, 3.8) is 0 Å². The topological polar surface area (TPSA) is 76.0 Å². The molecule has 1 aromatic rings. The second-order valence-corrected chi connectivity index (χ2v) is 4.28. The van der Waals surface area contributed by atoms with E-state index in [-0.39, 0.29) is 24.1 Å². The number of methoxy groups -OCH3 is 1. The van der Waals surface area contributed by atoms with Gasteiger partial charge in [-0.1, -0.05) is 6.07 Å². The van der Waals surface area contributed by atoms with Crippen molar-refractivity contribution in [3.05, 3.63) is 23.8 Å². The van der Waals surface area contributed by atoms with Crippen LogP contribution in [0.25, 0.3) is 0 Å². The molecule has 0 amide bonds. The van der Waals surface area contributed by atoms with Crippen LogP contribution in [-0.4, -0.2) is 35.7 Å². The lowest BCUT2D eigenvalue weighted by molar-refractivity contribution is -0.140. The van der Waals surface area contributed by atoms with Crippen molar-refractivity contribution in [1.29, 1.82) is 0 Å². The minimum Gasteiger partial charge on any atom is -0.504 e. The van der Waals surface area contributed by atoms with Crippen LogP contribution in [0.1, 0.15) is 24.5 Å². The number of ether oxygens (including phenoxy) is 2. The Morgan fingerprint density at radius 1 is 1.47 bits per heavy atom. The molecular weight excluding hydrogens is 268 g/mol. The van der Waals surface area contributed by atoms with E-state index in [1.807, 2.05) is 0 Å². The van der Waals surface area contributed by atoms with E-state index >= 15 is 0 Å². The first-order valence-corrected chi connectivity index (χ1v) is 6.53. The van der Waals surface area contributed by atoms with Crippen LogP contribution in [-0.2, 0) is 9.53 Å². The summed E-state index contributed by atoms with van der Waals surface area (Å²) in [4.78, 5) is 10.8. The quantitative estimate of drug-likeness (QED) is 0.404. The zero-order valence-corrected chi connectivity index (χ0v) is 11.6. The number of thiol groups is 1. The number of aliphatic hydroxyl groups is 1. The highest BCUT2D eigenvalue weighted by molar-refractivity contribution is 7.81. The highest BCUT2D eigenvalue weighted by Gasteiger charge is 2.11. The van der Waals surface area contributed by atoms with E-state index in [1.165, 1.54) is 13.2 Å². The molecule has 5 nitrogen and oxygen atoms in total. The van der Waals surface area contributed by atoms with Crippen molar-refractivity contribution in [2.75, 3.05) is 19.5 Å². The van der Waals surface area contributed by atoms with Crippen molar-refractivity contribution >= 4 is 18.6 Å². The fourth-order valence-corrected chi connectivity index (χ4v) is 1.68. The molecule has 2 N–H and O–H groups in total. The predicted octanol–water partition coefficient (Wildman–Crippen LogP) is 1.69. The molecule has 106 valence electrons. The van der Waals surface area contributed by atoms with E-state index in [9.17, 15) is 15.0 Å². The Balaban J connectivity index is 2.43. The first-order chi connectivity index (χ1) is 9.08. The maximum atomic E-state index is 10.8. The second-order valence-electron chi connectivity index (χ2n) is 3.97. The molecule has 0 aliphatic carbocycles. The molecular formula is C13H18O5S. The summed E-state index contributed by atoms with van der Waals surface area (Å²) in [6.45, 7) is 0.249. The minimum atomic E-state index is -0.716. The summed E-state index contributed by atoms with van der Waals surface area (Å²) in [5, 5.41) is 19.5. The van der Waals surface area contributed by atoms with Gasteiger partial charge in [-0.25, -0.2) is 0 Å². The van der Waals surface area contributed by atoms with Crippen LogP contribution in [0.5, 0.6) is 11.5 Å². The number of benzene rings is 1. The SMILES string of the molecule is COc1ccc([C@@H](O)CCCOC(=O)CS)cc1O. The van der Waals surface area contributed by atoms with Crippen LogP contribution >= 0.6 is 12.6 Å². The average Bonchev–Trinajstić information content (AvgIpc) is 2.42. The van der Waals surface area contributed by atoms with Gasteiger partial charge >= 0.3 is 5.97 Å². The molecule has 0 saturated heterocycles. The number of hydrogen-bond donors (Lipinski definition) is 3. The standard InChI is InChI=1S/C13H18O5S/c1-17-12-5-4-9(7-11(12)15)10(14)3-2-6-18-13(16)8-19/h4-5,7,10,14-15,19H,2-3,6,8H2,1H3/t10-/m0/s1. The van der Waals surface area contributed by atoms with Crippen LogP contribution < -0.4 is 4.74 Å². The van der Waals surface area contributed by atoms with Gasteiger partial charge in [0.1, 0.15) is 0 Å². The molecule has 0 aliphatic heterocycles. The van der Waals surface area contributed by atoms with Gasteiger partial charge in [-0.15, -0.1) is 0 Å². The summed E-state index contributed by atoms with van der Waals surface area (Å²) in [6.07, 6.45) is 0.255. The Hall–Kier alpha value is -1.40. The van der Waals surface area contributed by atoms with Crippen molar-refractivity contribution < 1.29 is 24.5 Å². The fraction of sp³-hybridized carbons (Fsp3) is 0.462. The summed E-state index contributed by atoms with van der Waals surface area (Å²) >= 11 is 3.78. The van der Waals surface area contributed by atoms with E-state index < -0.39 is 6.10 Å². The number of esters is 1. The molecule has 0 radical (unpaired) electrons. The molecule has 6 heteroatoms. The number of carbonyl (C=O) groups excluding carboxylic acids is 1. The van der Waals surface area contributed by atoms with Gasteiger partial charge < -0.3 is 19.7 Å². The lowest BCUT2D eigenvalue weighted by Crippen LogP contribution is -2.08. The van der Waals surface area contributed by atoms with E-state index in [0.717, 1.165) is 0 Å². The van der Waals surface area contributed by atoms with Crippen LogP contribution in [0.15, 0.2) is 18.2 Å². The zero-order valence-electron chi connectivity index (χ0n) is 10.7. The Labute approximate surface area is 117 Å². The number of carbonyl (C=O) groups is 1. The van der Waals surface area contributed by atoms with Crippen molar-refractivity contribution in [2.45, 2.75) is 18.9 Å². The van der Waals surface area contributed by atoms with Gasteiger partial charge in [-0.3, -0.25) is 4.79 Å². The Morgan fingerprint density at radius 2 is 2.21 bits per heavy atom. The molecule has 1 atom stereocenters. The van der Waals surface area contributed by atoms with Crippen molar-refractivity contribution in [3.8, 4) is 11.5 Å². The largest absolute Gasteiger partial charge is 0.504 e. The maximum absolute atomic E-state index is 10.8. The highest BCUT2D eigenvalue weighted by atomic mass is 32.1. The molecule has 0 heterocycles. The molecule has 0 spiro atoms. The Morgan fingerprint density at radius 3 is 2.79 bits per heavy atom. The summed E-state index contributed by atoms with van der Waals surface area (Å²) in [5.74, 6) is 0.0219. The number of rotatable bonds is 7. The number of aliphatic hydroxyl groups excluding tert-OH is 1. The molecule has 0 bridgehead atoms. The Bertz CT molecular complexity index is 421. The third-order valence-electron chi connectivity index (χ3n) is 2.60. The number of hydrogen-bond acceptors (Lipinski definition) is 6. The van der Waals surface area contributed by atoms with Crippen molar-refractivity contribution in [2.24, 2.45) is 0 Å². The van der Waals surface area contributed by atoms with E-state index in [1.54, 1.807) is 12.1 Å². The molecule has 1 rings (SSSR count). The zero-order chi connectivity index (χ0) is 14.3. The molecule has 0 saturated carbocycles. The van der Waals surface area contributed by atoms with Crippen LogP contribution in [0.2, 0.25) is 0 Å². The highest BCUT2D eigenvalue weighted by Crippen LogP contribution is 2.30. The van der Waals surface area contributed by atoms with Gasteiger partial charge in [-0.05, 0) is 30.5 Å². The molecule has 0 aliphatic rings. The van der Waals surface area contributed by atoms with E-state index in [2.05, 4.69) is 12.6 Å². The molecule has 0 aromatic heterocycles. The summed E-state index contributed by atoms with van der Waals surface area (Å²) in [7, 11) is 1.46. The summed E-state index contributed by atoms with van der Waals surface area (Å²) < 4.78 is 9.76. The van der Waals surface area contributed by atoms with Gasteiger partial charge in [0.25, 0.3) is 0 Å². The second kappa shape index (κ2) is 7.91. The molecule has 1 aromatic carbocycles. The first kappa shape index (κ1) is 15.7. The molecule has 0 fully saturated rings. The summed E-state index contributed by atoms with van der Waals surface area (Å²) in [5.41, 5.74) is 0.596. The summed E-state index contributed by atoms with van der Waals surface area (Å²) in [6, 6.07) is 4.74.